The van der Waals surface area contributed by atoms with Crippen molar-refractivity contribution in [2.45, 2.75) is 6.92 Å². The van der Waals surface area contributed by atoms with Gasteiger partial charge in [-0.05, 0) is 37.3 Å². The van der Waals surface area contributed by atoms with E-state index in [-0.39, 0.29) is 5.91 Å². The first-order chi connectivity index (χ1) is 15.6. The molecule has 3 heterocycles. The quantitative estimate of drug-likeness (QED) is 0.633. The zero-order valence-electron chi connectivity index (χ0n) is 18.4. The van der Waals surface area contributed by atoms with Crippen LogP contribution in [0.5, 0.6) is 11.5 Å². The van der Waals surface area contributed by atoms with Crippen molar-refractivity contribution < 1.29 is 14.3 Å². The molecule has 0 spiro atoms. The molecular weight excluding hydrogens is 408 g/mol. The van der Waals surface area contributed by atoms with Crippen LogP contribution in [0, 0.1) is 6.92 Å². The van der Waals surface area contributed by atoms with Gasteiger partial charge in [0.2, 0.25) is 0 Å². The average Bonchev–Trinajstić information content (AvgIpc) is 2.83. The normalized spacial score (nSPS) is 13.6. The maximum Gasteiger partial charge on any atom is 0.254 e. The molecule has 0 unspecified atom stereocenters. The molecule has 9 heteroatoms. The first-order valence-electron chi connectivity index (χ1n) is 10.4. The lowest BCUT2D eigenvalue weighted by atomic mass is 10.1. The van der Waals surface area contributed by atoms with Crippen molar-refractivity contribution in [3.63, 3.8) is 0 Å². The van der Waals surface area contributed by atoms with Crippen molar-refractivity contribution in [3.8, 4) is 11.5 Å². The van der Waals surface area contributed by atoms with E-state index in [0.29, 0.717) is 54.9 Å². The van der Waals surface area contributed by atoms with E-state index in [1.54, 1.807) is 38.6 Å². The minimum atomic E-state index is -0.0259. The first-order valence-corrected chi connectivity index (χ1v) is 10.4. The molecule has 4 rings (SSSR count). The summed E-state index contributed by atoms with van der Waals surface area (Å²) in [6.45, 7) is 4.42. The molecule has 1 fully saturated rings. The number of hydrogen-bond donors (Lipinski definition) is 1. The van der Waals surface area contributed by atoms with Gasteiger partial charge in [-0.1, -0.05) is 6.07 Å². The van der Waals surface area contributed by atoms with Crippen LogP contribution in [0.1, 0.15) is 16.2 Å². The molecule has 0 saturated carbocycles. The number of hydrogen-bond acceptors (Lipinski definition) is 8. The zero-order chi connectivity index (χ0) is 22.5. The number of nitrogens with zero attached hydrogens (tertiary/aromatic N) is 5. The lowest BCUT2D eigenvalue weighted by Gasteiger charge is -2.35. The van der Waals surface area contributed by atoms with Gasteiger partial charge in [-0.25, -0.2) is 15.0 Å². The molecule has 1 saturated heterocycles. The molecule has 1 aliphatic rings. The van der Waals surface area contributed by atoms with Crippen LogP contribution in [0.4, 0.5) is 17.5 Å². The summed E-state index contributed by atoms with van der Waals surface area (Å²) in [4.78, 5) is 30.3. The van der Waals surface area contributed by atoms with Crippen LogP contribution in [-0.4, -0.2) is 66.2 Å². The number of benzene rings is 1. The minimum absolute atomic E-state index is 0.0259. The Balaban J connectivity index is 1.43. The van der Waals surface area contributed by atoms with Crippen molar-refractivity contribution in [3.05, 3.63) is 60.0 Å². The molecule has 9 nitrogen and oxygen atoms in total. The average molecular weight is 435 g/mol. The van der Waals surface area contributed by atoms with Gasteiger partial charge < -0.3 is 24.6 Å². The fraction of sp³-hybridized carbons (Fsp3) is 0.304. The first kappa shape index (κ1) is 21.4. The van der Waals surface area contributed by atoms with E-state index in [1.807, 2.05) is 36.1 Å². The van der Waals surface area contributed by atoms with E-state index in [9.17, 15) is 4.79 Å². The molecule has 32 heavy (non-hydrogen) atoms. The number of carbonyl (C=O) groups excluding carboxylic acids is 1. The highest BCUT2D eigenvalue weighted by atomic mass is 16.5. The van der Waals surface area contributed by atoms with Gasteiger partial charge in [0.25, 0.3) is 5.91 Å². The topological polar surface area (TPSA) is 92.7 Å². The summed E-state index contributed by atoms with van der Waals surface area (Å²) in [6.07, 6.45) is 1.73. The van der Waals surface area contributed by atoms with Gasteiger partial charge in [-0.2, -0.15) is 0 Å². The van der Waals surface area contributed by atoms with E-state index >= 15 is 0 Å². The van der Waals surface area contributed by atoms with E-state index < -0.39 is 0 Å². The van der Waals surface area contributed by atoms with Gasteiger partial charge in [0, 0.05) is 44.0 Å². The Morgan fingerprint density at radius 3 is 2.41 bits per heavy atom. The molecule has 0 radical (unpaired) electrons. The number of aromatic nitrogens is 3. The van der Waals surface area contributed by atoms with Crippen LogP contribution in [0.2, 0.25) is 0 Å². The Kier molecular flexibility index (Phi) is 6.34. The molecule has 1 N–H and O–H groups in total. The van der Waals surface area contributed by atoms with Gasteiger partial charge in [0.1, 0.15) is 23.3 Å². The largest absolute Gasteiger partial charge is 0.493 e. The van der Waals surface area contributed by atoms with Crippen molar-refractivity contribution in [1.29, 1.82) is 0 Å². The third-order valence-corrected chi connectivity index (χ3v) is 5.27. The van der Waals surface area contributed by atoms with Crippen LogP contribution < -0.4 is 19.7 Å². The summed E-state index contributed by atoms with van der Waals surface area (Å²) in [5.74, 6) is 4.03. The highest BCUT2D eigenvalue weighted by molar-refractivity contribution is 5.95. The van der Waals surface area contributed by atoms with Gasteiger partial charge in [-0.3, -0.25) is 4.79 Å². The van der Waals surface area contributed by atoms with Gasteiger partial charge in [-0.15, -0.1) is 0 Å². The van der Waals surface area contributed by atoms with E-state index in [2.05, 4.69) is 25.2 Å². The molecule has 2 aromatic heterocycles. The number of nitrogens with one attached hydrogen (secondary N) is 1. The number of pyridine rings is 1. The lowest BCUT2D eigenvalue weighted by Crippen LogP contribution is -2.49. The number of aryl methyl sites for hydroxylation is 1. The highest BCUT2D eigenvalue weighted by Gasteiger charge is 2.24. The Morgan fingerprint density at radius 1 is 0.938 bits per heavy atom. The zero-order valence-corrected chi connectivity index (χ0v) is 18.4. The molecule has 0 aliphatic carbocycles. The summed E-state index contributed by atoms with van der Waals surface area (Å²) in [7, 11) is 3.14. The van der Waals surface area contributed by atoms with Crippen molar-refractivity contribution >= 4 is 23.4 Å². The summed E-state index contributed by atoms with van der Waals surface area (Å²) < 4.78 is 10.6. The fourth-order valence-electron chi connectivity index (χ4n) is 3.64. The third-order valence-electron chi connectivity index (χ3n) is 5.27. The van der Waals surface area contributed by atoms with Gasteiger partial charge in [0.15, 0.2) is 11.5 Å². The summed E-state index contributed by atoms with van der Waals surface area (Å²) in [5, 5.41) is 3.22. The summed E-state index contributed by atoms with van der Waals surface area (Å²) >= 11 is 0. The number of methoxy groups -OCH3 is 2. The standard InChI is InChI=1S/C23H26N6O3/c1-16-25-21(27-20-6-4-5-9-24-20)15-22(26-16)28-10-12-29(13-11-28)23(30)17-7-8-18(31-2)19(14-17)32-3/h4-9,14-15H,10-13H2,1-3H3,(H,24,25,26,27). The van der Waals surface area contributed by atoms with Crippen LogP contribution in [0.15, 0.2) is 48.7 Å². The Labute approximate surface area is 187 Å². The molecule has 0 atom stereocenters. The number of ether oxygens (including phenoxy) is 2. The Hall–Kier alpha value is -3.88. The number of carbonyl (C=O) groups is 1. The summed E-state index contributed by atoms with van der Waals surface area (Å²) in [6, 6.07) is 12.8. The molecule has 1 aromatic carbocycles. The molecule has 3 aromatic rings. The fourth-order valence-corrected chi connectivity index (χ4v) is 3.64. The lowest BCUT2D eigenvalue weighted by molar-refractivity contribution is 0.0746. The predicted octanol–water partition coefficient (Wildman–Crippen LogP) is 2.90. The van der Waals surface area contributed by atoms with E-state index in [1.165, 1.54) is 0 Å². The van der Waals surface area contributed by atoms with Crippen LogP contribution >= 0.6 is 0 Å². The maximum atomic E-state index is 13.0. The van der Waals surface area contributed by atoms with Crippen LogP contribution in [0.25, 0.3) is 0 Å². The molecule has 1 aliphatic heterocycles. The molecule has 0 bridgehead atoms. The number of piperazine rings is 1. The van der Waals surface area contributed by atoms with Crippen LogP contribution in [0.3, 0.4) is 0 Å². The molecule has 1 amide bonds. The predicted molar refractivity (Wildman–Crippen MR) is 122 cm³/mol. The summed E-state index contributed by atoms with van der Waals surface area (Å²) in [5.41, 5.74) is 0.579. The van der Waals surface area contributed by atoms with E-state index in [4.69, 9.17) is 9.47 Å². The minimum Gasteiger partial charge on any atom is -0.493 e. The van der Waals surface area contributed by atoms with Crippen molar-refractivity contribution in [1.82, 2.24) is 19.9 Å². The van der Waals surface area contributed by atoms with Gasteiger partial charge in [0.05, 0.1) is 14.2 Å². The maximum absolute atomic E-state index is 13.0. The van der Waals surface area contributed by atoms with Gasteiger partial charge >= 0.3 is 0 Å². The van der Waals surface area contributed by atoms with Crippen molar-refractivity contribution in [2.75, 3.05) is 50.6 Å². The van der Waals surface area contributed by atoms with E-state index in [0.717, 1.165) is 11.6 Å². The number of anilines is 3. The highest BCUT2D eigenvalue weighted by Crippen LogP contribution is 2.28. The number of rotatable bonds is 6. The number of amides is 1. The van der Waals surface area contributed by atoms with Crippen LogP contribution in [-0.2, 0) is 0 Å². The molecular formula is C23H26N6O3. The third kappa shape index (κ3) is 4.72. The Morgan fingerprint density at radius 2 is 1.72 bits per heavy atom. The SMILES string of the molecule is COc1ccc(C(=O)N2CCN(c3cc(Nc4ccccn4)nc(C)n3)CC2)cc1OC. The Bertz CT molecular complexity index is 1080. The second kappa shape index (κ2) is 9.51. The second-order valence-corrected chi connectivity index (χ2v) is 7.35. The monoisotopic (exact) mass is 434 g/mol. The molecule has 166 valence electrons. The second-order valence-electron chi connectivity index (χ2n) is 7.35. The van der Waals surface area contributed by atoms with Crippen molar-refractivity contribution in [2.24, 2.45) is 0 Å². The smallest absolute Gasteiger partial charge is 0.254 e.